The van der Waals surface area contributed by atoms with Crippen molar-refractivity contribution in [3.63, 3.8) is 0 Å². The third-order valence-corrected chi connectivity index (χ3v) is 13.6. The van der Waals surface area contributed by atoms with E-state index >= 15 is 0 Å². The molecule has 5 nitrogen and oxygen atoms in total. The van der Waals surface area contributed by atoms with Gasteiger partial charge in [-0.2, -0.15) is 0 Å². The lowest BCUT2D eigenvalue weighted by atomic mass is 9.42. The van der Waals surface area contributed by atoms with Gasteiger partial charge in [0, 0.05) is 22.1 Å². The lowest BCUT2D eigenvalue weighted by Gasteiger charge is -2.63. The fraction of sp³-hybridized carbons (Fsp3) is 0.244. The standard InChI is InChI=1S/C41H33N3O2S/c45-47(46)36-13-7-6-12-34(36)41(32-19-25-18-26(21-32)22-33(41)20-25)35-17-16-31(24-37(35)47)40-43-38(28-9-2-1-3-10-28)42-39(44-40)30-15-14-27-8-4-5-11-29(27)23-30/h1-17,23-26,32-33H,18-22H2. The first-order valence-electron chi connectivity index (χ1n) is 16.8. The van der Waals surface area contributed by atoms with Crippen LogP contribution in [0.1, 0.15) is 43.2 Å². The number of hydrogen-bond acceptors (Lipinski definition) is 5. The maximum atomic E-state index is 14.5. The number of aromatic nitrogens is 3. The normalized spacial score (nSPS) is 26.3. The molecule has 5 aliphatic rings. The predicted octanol–water partition coefficient (Wildman–Crippen LogP) is 8.91. The molecule has 0 atom stereocenters. The van der Waals surface area contributed by atoms with E-state index in [2.05, 4.69) is 42.5 Å². The molecule has 0 saturated heterocycles. The van der Waals surface area contributed by atoms with E-state index in [4.69, 9.17) is 15.0 Å². The summed E-state index contributed by atoms with van der Waals surface area (Å²) in [7, 11) is -3.76. The minimum atomic E-state index is -3.76. The second-order valence-electron chi connectivity index (χ2n) is 14.1. The Labute approximate surface area is 274 Å². The highest BCUT2D eigenvalue weighted by Crippen LogP contribution is 2.68. The molecule has 47 heavy (non-hydrogen) atoms. The van der Waals surface area contributed by atoms with E-state index in [1.807, 2.05) is 72.8 Å². The maximum Gasteiger partial charge on any atom is 0.207 e. The zero-order valence-electron chi connectivity index (χ0n) is 25.9. The number of rotatable bonds is 3. The molecule has 1 spiro atoms. The second-order valence-corrected chi connectivity index (χ2v) is 16.0. The van der Waals surface area contributed by atoms with E-state index in [0.717, 1.165) is 44.9 Å². The van der Waals surface area contributed by atoms with Crippen LogP contribution in [0.2, 0.25) is 0 Å². The van der Waals surface area contributed by atoms with Crippen LogP contribution in [0.15, 0.2) is 125 Å². The smallest absolute Gasteiger partial charge is 0.207 e. The van der Waals surface area contributed by atoms with Gasteiger partial charge in [0.1, 0.15) is 0 Å². The minimum absolute atomic E-state index is 0.270. The molecule has 1 aromatic heterocycles. The van der Waals surface area contributed by atoms with Gasteiger partial charge < -0.3 is 0 Å². The van der Waals surface area contributed by atoms with E-state index < -0.39 is 9.84 Å². The summed E-state index contributed by atoms with van der Waals surface area (Å²) in [5, 5.41) is 2.25. The molecule has 11 rings (SSSR count). The lowest BCUT2D eigenvalue weighted by molar-refractivity contribution is -0.0446. The van der Waals surface area contributed by atoms with Crippen LogP contribution in [0.25, 0.3) is 44.9 Å². The van der Waals surface area contributed by atoms with Crippen LogP contribution in [-0.4, -0.2) is 23.4 Å². The summed E-state index contributed by atoms with van der Waals surface area (Å²) in [6.07, 6.45) is 6.09. The molecule has 6 aromatic rings. The van der Waals surface area contributed by atoms with Gasteiger partial charge >= 0.3 is 0 Å². The molecule has 0 radical (unpaired) electrons. The second kappa shape index (κ2) is 9.91. The molecule has 4 aliphatic carbocycles. The minimum Gasteiger partial charge on any atom is -0.218 e. The van der Waals surface area contributed by atoms with Gasteiger partial charge in [0.05, 0.1) is 9.79 Å². The Balaban J connectivity index is 1.18. The molecule has 0 amide bonds. The van der Waals surface area contributed by atoms with E-state index in [0.29, 0.717) is 44.7 Å². The van der Waals surface area contributed by atoms with Crippen LogP contribution in [0.5, 0.6) is 0 Å². The highest BCUT2D eigenvalue weighted by Gasteiger charge is 2.62. The summed E-state index contributed by atoms with van der Waals surface area (Å²) < 4.78 is 29.1. The SMILES string of the molecule is O=S1(=O)c2ccccc2C2(c3ccc(-c4nc(-c5ccccc5)nc(-c5ccc6ccccc6c5)n4)cc31)C1CC3CC(C1)CC2C3. The quantitative estimate of drug-likeness (QED) is 0.195. The van der Waals surface area contributed by atoms with Crippen LogP contribution in [0.4, 0.5) is 0 Å². The van der Waals surface area contributed by atoms with Gasteiger partial charge in [0.25, 0.3) is 0 Å². The Hall–Kier alpha value is -4.68. The van der Waals surface area contributed by atoms with E-state index in [-0.39, 0.29) is 5.41 Å². The molecular formula is C41H33N3O2S. The fourth-order valence-corrected chi connectivity index (χ4v) is 11.8. The van der Waals surface area contributed by atoms with E-state index in [1.165, 1.54) is 32.1 Å². The highest BCUT2D eigenvalue weighted by molar-refractivity contribution is 7.91. The lowest BCUT2D eigenvalue weighted by Crippen LogP contribution is -2.57. The Morgan fingerprint density at radius 2 is 1.04 bits per heavy atom. The molecule has 2 heterocycles. The molecule has 230 valence electrons. The zero-order valence-corrected chi connectivity index (χ0v) is 26.7. The summed E-state index contributed by atoms with van der Waals surface area (Å²) in [6, 6.07) is 38.3. The van der Waals surface area contributed by atoms with Crippen molar-refractivity contribution in [2.45, 2.75) is 47.3 Å². The van der Waals surface area contributed by atoms with Gasteiger partial charge in [-0.15, -0.1) is 0 Å². The molecule has 5 aromatic carbocycles. The molecule has 0 N–H and O–H groups in total. The average Bonchev–Trinajstić information content (AvgIpc) is 3.11. The van der Waals surface area contributed by atoms with Gasteiger partial charge in [-0.3, -0.25) is 0 Å². The molecule has 0 unspecified atom stereocenters. The summed E-state index contributed by atoms with van der Waals surface area (Å²) in [4.78, 5) is 15.8. The van der Waals surface area contributed by atoms with Crippen LogP contribution in [0, 0.1) is 23.7 Å². The maximum absolute atomic E-state index is 14.5. The van der Waals surface area contributed by atoms with Gasteiger partial charge in [-0.05, 0) is 95.9 Å². The van der Waals surface area contributed by atoms with Crippen molar-refractivity contribution in [3.05, 3.63) is 126 Å². The third-order valence-electron chi connectivity index (χ3n) is 11.7. The largest absolute Gasteiger partial charge is 0.218 e. The van der Waals surface area contributed by atoms with Crippen molar-refractivity contribution in [1.29, 1.82) is 0 Å². The number of sulfone groups is 1. The summed E-state index contributed by atoms with van der Waals surface area (Å²) in [6.45, 7) is 0. The van der Waals surface area contributed by atoms with E-state index in [1.54, 1.807) is 0 Å². The molecular weight excluding hydrogens is 599 g/mol. The first-order chi connectivity index (χ1) is 23.0. The molecule has 4 bridgehead atoms. The number of benzene rings is 5. The van der Waals surface area contributed by atoms with Crippen molar-refractivity contribution in [1.82, 2.24) is 15.0 Å². The van der Waals surface area contributed by atoms with Gasteiger partial charge in [-0.1, -0.05) is 97.1 Å². The van der Waals surface area contributed by atoms with Crippen LogP contribution < -0.4 is 0 Å². The Morgan fingerprint density at radius 1 is 0.489 bits per heavy atom. The summed E-state index contributed by atoms with van der Waals surface area (Å²) in [5.41, 5.74) is 4.20. The first-order valence-corrected chi connectivity index (χ1v) is 18.3. The number of fused-ring (bicyclic) bond motifs is 3. The third kappa shape index (κ3) is 3.94. The van der Waals surface area contributed by atoms with Crippen LogP contribution in [-0.2, 0) is 15.3 Å². The van der Waals surface area contributed by atoms with E-state index in [9.17, 15) is 8.42 Å². The van der Waals surface area contributed by atoms with Crippen molar-refractivity contribution in [2.24, 2.45) is 23.7 Å². The molecule has 4 saturated carbocycles. The zero-order chi connectivity index (χ0) is 31.3. The van der Waals surface area contributed by atoms with Crippen LogP contribution >= 0.6 is 0 Å². The van der Waals surface area contributed by atoms with Gasteiger partial charge in [0.2, 0.25) is 9.84 Å². The Morgan fingerprint density at radius 3 is 1.77 bits per heavy atom. The molecule has 6 heteroatoms. The number of nitrogens with zero attached hydrogens (tertiary/aromatic N) is 3. The molecule has 1 aliphatic heterocycles. The number of hydrogen-bond donors (Lipinski definition) is 0. The van der Waals surface area contributed by atoms with Gasteiger partial charge in [-0.25, -0.2) is 23.4 Å². The monoisotopic (exact) mass is 631 g/mol. The fourth-order valence-electron chi connectivity index (χ4n) is 10.0. The molecule has 4 fully saturated rings. The summed E-state index contributed by atoms with van der Waals surface area (Å²) >= 11 is 0. The van der Waals surface area contributed by atoms with Gasteiger partial charge in [0.15, 0.2) is 17.5 Å². The van der Waals surface area contributed by atoms with Crippen molar-refractivity contribution in [2.75, 3.05) is 0 Å². The predicted molar refractivity (Wildman–Crippen MR) is 183 cm³/mol. The van der Waals surface area contributed by atoms with Crippen LogP contribution in [0.3, 0.4) is 0 Å². The Kier molecular flexibility index (Phi) is 5.79. The van der Waals surface area contributed by atoms with Crippen molar-refractivity contribution < 1.29 is 8.42 Å². The van der Waals surface area contributed by atoms with Crippen molar-refractivity contribution in [3.8, 4) is 34.2 Å². The van der Waals surface area contributed by atoms with Crippen molar-refractivity contribution >= 4 is 20.6 Å². The average molecular weight is 632 g/mol. The summed E-state index contributed by atoms with van der Waals surface area (Å²) in [5.74, 6) is 4.05. The first kappa shape index (κ1) is 27.4. The highest BCUT2D eigenvalue weighted by atomic mass is 32.2. The topological polar surface area (TPSA) is 72.8 Å². The Bertz CT molecular complexity index is 2320.